The molecular formula is C89H92O16S. The fourth-order valence-electron chi connectivity index (χ4n) is 13.2. The zero-order valence-corrected chi connectivity index (χ0v) is 60.3. The van der Waals surface area contributed by atoms with Crippen LogP contribution in [0, 0.1) is 0 Å². The number of thioether (sulfide) groups is 1. The van der Waals surface area contributed by atoms with Gasteiger partial charge in [-0.15, -0.1) is 0 Å². The average Bonchev–Trinajstić information content (AvgIpc) is 0.780. The van der Waals surface area contributed by atoms with Crippen molar-refractivity contribution in [3.05, 3.63) is 353 Å². The lowest BCUT2D eigenvalue weighted by molar-refractivity contribution is -0.356. The lowest BCUT2D eigenvalue weighted by Crippen LogP contribution is -2.64. The van der Waals surface area contributed by atoms with E-state index in [0.29, 0.717) is 0 Å². The van der Waals surface area contributed by atoms with Gasteiger partial charge in [0, 0.05) is 11.8 Å². The van der Waals surface area contributed by atoms with Crippen molar-refractivity contribution in [3.8, 4) is 0 Å². The van der Waals surface area contributed by atoms with Gasteiger partial charge in [0.25, 0.3) is 0 Å². The van der Waals surface area contributed by atoms with Gasteiger partial charge < -0.3 is 71.1 Å². The van der Waals surface area contributed by atoms with Crippen LogP contribution in [0.1, 0.15) is 57.0 Å². The van der Waals surface area contributed by atoms with Crippen molar-refractivity contribution in [2.24, 2.45) is 0 Å². The van der Waals surface area contributed by atoms with Crippen molar-refractivity contribution in [3.63, 3.8) is 0 Å². The van der Waals surface area contributed by atoms with Gasteiger partial charge in [-0.25, -0.2) is 0 Å². The van der Waals surface area contributed by atoms with Gasteiger partial charge in [0.15, 0.2) is 12.6 Å². The first-order valence-electron chi connectivity index (χ1n) is 36.3. The van der Waals surface area contributed by atoms with Crippen LogP contribution in [0.5, 0.6) is 0 Å². The zero-order chi connectivity index (χ0) is 72.2. The maximum absolute atomic E-state index is 12.9. The van der Waals surface area contributed by atoms with E-state index in [9.17, 15) is 4.79 Å². The molecule has 10 aromatic rings. The molecule has 0 radical (unpaired) electrons. The third-order valence-electron chi connectivity index (χ3n) is 18.6. The van der Waals surface area contributed by atoms with E-state index in [1.807, 2.05) is 267 Å². The number of esters is 1. The summed E-state index contributed by atoms with van der Waals surface area (Å²) < 4.78 is 107. The van der Waals surface area contributed by atoms with Crippen LogP contribution in [-0.2, 0) is 135 Å². The van der Waals surface area contributed by atoms with Crippen LogP contribution in [0.2, 0.25) is 0 Å². The maximum atomic E-state index is 12.9. The highest BCUT2D eigenvalue weighted by atomic mass is 32.2. The number of hydrogen-bond acceptors (Lipinski definition) is 17. The third-order valence-corrected chi connectivity index (χ3v) is 19.8. The second-order valence-electron chi connectivity index (χ2n) is 26.4. The summed E-state index contributed by atoms with van der Waals surface area (Å²) in [6.07, 6.45) is -12.9. The van der Waals surface area contributed by atoms with Crippen LogP contribution in [-0.4, -0.2) is 117 Å². The molecule has 3 heterocycles. The van der Waals surface area contributed by atoms with Gasteiger partial charge in [-0.05, 0) is 62.2 Å². The van der Waals surface area contributed by atoms with E-state index in [-0.39, 0.29) is 79.3 Å². The molecule has 3 aliphatic rings. The molecule has 106 heavy (non-hydrogen) atoms. The number of carbonyl (C=O) groups excluding carboxylic acids is 1. The highest BCUT2D eigenvalue weighted by Crippen LogP contribution is 2.41. The molecule has 0 aliphatic carbocycles. The minimum Gasteiger partial charge on any atom is -0.463 e. The predicted molar refractivity (Wildman–Crippen MR) is 402 cm³/mol. The van der Waals surface area contributed by atoms with Crippen LogP contribution in [0.4, 0.5) is 0 Å². The van der Waals surface area contributed by atoms with Gasteiger partial charge in [0.1, 0.15) is 85.3 Å². The zero-order valence-electron chi connectivity index (χ0n) is 59.5. The number of benzene rings is 10. The van der Waals surface area contributed by atoms with Crippen LogP contribution < -0.4 is 0 Å². The molecule has 0 spiro atoms. The van der Waals surface area contributed by atoms with E-state index in [2.05, 4.69) is 36.4 Å². The second-order valence-corrected chi connectivity index (χ2v) is 27.6. The monoisotopic (exact) mass is 1450 g/mol. The summed E-state index contributed by atoms with van der Waals surface area (Å²) in [7, 11) is 0. The number of rotatable bonds is 37. The van der Waals surface area contributed by atoms with E-state index in [4.69, 9.17) is 71.1 Å². The van der Waals surface area contributed by atoms with Crippen molar-refractivity contribution in [2.45, 2.75) is 163 Å². The van der Waals surface area contributed by atoms with Crippen LogP contribution in [0.3, 0.4) is 0 Å². The molecule has 0 amide bonds. The Bertz CT molecular complexity index is 4080. The molecule has 0 bridgehead atoms. The van der Waals surface area contributed by atoms with Gasteiger partial charge in [-0.3, -0.25) is 4.79 Å². The number of ether oxygens (including phenoxy) is 15. The largest absolute Gasteiger partial charge is 0.463 e. The molecule has 0 N–H and O–H groups in total. The second kappa shape index (κ2) is 40.4. The SMILES string of the molecule is CC(=O)OCC1O[C@@H](OCC2O[C@@H](OCC3O[C@@H](Sc4ccccc4)C(OCc4ccccc4)C(OCc4ccccc4)[C@@H]3OCc3ccccc3)C(OCc3ccccc3)C(OCc3ccccc3)[C@@H]2OCc2ccccc2)C(OCc2ccccc2)C(OCc2ccccc2)[C@@H]1OCc1ccccc1. The lowest BCUT2D eigenvalue weighted by Gasteiger charge is -2.49. The Hall–Kier alpha value is -8.54. The first kappa shape index (κ1) is 75.7. The van der Waals surface area contributed by atoms with Crippen molar-refractivity contribution in [2.75, 3.05) is 19.8 Å². The molecule has 3 saturated heterocycles. The molecular weight excluding hydrogens is 1360 g/mol. The molecule has 550 valence electrons. The van der Waals surface area contributed by atoms with Gasteiger partial charge >= 0.3 is 5.97 Å². The summed E-state index contributed by atoms with van der Waals surface area (Å²) in [5.41, 5.74) is 7.75. The Labute approximate surface area is 625 Å². The number of carbonyl (C=O) groups is 1. The Balaban J connectivity index is 0.892. The maximum Gasteiger partial charge on any atom is 0.302 e. The van der Waals surface area contributed by atoms with Crippen molar-refractivity contribution in [1.82, 2.24) is 0 Å². The smallest absolute Gasteiger partial charge is 0.302 e. The predicted octanol–water partition coefficient (Wildman–Crippen LogP) is 15.8. The highest BCUT2D eigenvalue weighted by Gasteiger charge is 2.54. The summed E-state index contributed by atoms with van der Waals surface area (Å²) in [5.74, 6) is -0.498. The van der Waals surface area contributed by atoms with Gasteiger partial charge in [0.2, 0.25) is 0 Å². The fourth-order valence-corrected chi connectivity index (χ4v) is 14.4. The summed E-state index contributed by atoms with van der Waals surface area (Å²) in [6.45, 7) is 2.61. The molecule has 10 aromatic carbocycles. The molecule has 13 rings (SSSR count). The summed E-state index contributed by atoms with van der Waals surface area (Å²) >= 11 is 1.55. The van der Waals surface area contributed by atoms with E-state index < -0.39 is 97.2 Å². The Morgan fingerprint density at radius 3 is 0.745 bits per heavy atom. The van der Waals surface area contributed by atoms with E-state index in [0.717, 1.165) is 55.0 Å². The Kier molecular flexibility index (Phi) is 28.9. The van der Waals surface area contributed by atoms with E-state index in [1.165, 1.54) is 6.92 Å². The first-order chi connectivity index (χ1) is 52.4. The standard InChI is InChI=1S/C89H92O16S/c1-64(90)91-61-75-78(92-52-65-32-12-2-13-33-65)81(95-55-68-38-18-5-19-39-68)84(98-58-71-44-24-8-25-45-71)87(103-75)101-62-76-79(93-53-66-34-14-3-15-35-66)82(96-56-69-40-20-6-21-41-69)85(99-59-72-46-26-9-27-47-72)88(104-76)102-63-77-80(94-54-67-36-16-4-17-37-67)83(97-57-70-42-22-7-23-43-70)86(100-60-73-48-28-10-29-49-73)89(105-77)106-74-50-30-11-31-51-74/h2-51,75-89H,52-63H2,1H3/t75?,76?,77?,78-,79-,80-,81?,82?,83?,84?,85?,86?,87-,88-,89+/m1/s1. The van der Waals surface area contributed by atoms with Crippen molar-refractivity contribution >= 4 is 17.7 Å². The average molecular weight is 1450 g/mol. The third kappa shape index (κ3) is 22.3. The molecule has 17 heteroatoms. The fraction of sp³-hybridized carbons (Fsp3) is 0.315. The molecule has 9 unspecified atom stereocenters. The van der Waals surface area contributed by atoms with Crippen LogP contribution >= 0.6 is 11.8 Å². The van der Waals surface area contributed by atoms with Gasteiger partial charge in [-0.1, -0.05) is 303 Å². The molecule has 3 aliphatic heterocycles. The van der Waals surface area contributed by atoms with Gasteiger partial charge in [0.05, 0.1) is 72.7 Å². The van der Waals surface area contributed by atoms with E-state index >= 15 is 0 Å². The molecule has 0 saturated carbocycles. The quantitative estimate of drug-likeness (QED) is 0.0339. The molecule has 16 nitrogen and oxygen atoms in total. The summed E-state index contributed by atoms with van der Waals surface area (Å²) in [6, 6.07) is 100. The minimum absolute atomic E-state index is 0.101. The molecule has 15 atom stereocenters. The summed E-state index contributed by atoms with van der Waals surface area (Å²) in [4.78, 5) is 13.9. The van der Waals surface area contributed by atoms with Crippen molar-refractivity contribution in [1.29, 1.82) is 0 Å². The van der Waals surface area contributed by atoms with Crippen LogP contribution in [0.15, 0.2) is 308 Å². The lowest BCUT2D eigenvalue weighted by atomic mass is 9.96. The Morgan fingerprint density at radius 2 is 0.472 bits per heavy atom. The highest BCUT2D eigenvalue weighted by molar-refractivity contribution is 7.99. The normalized spacial score (nSPS) is 24.4. The minimum atomic E-state index is -1.21. The first-order valence-corrected chi connectivity index (χ1v) is 37.2. The Morgan fingerprint density at radius 1 is 0.255 bits per heavy atom. The summed E-state index contributed by atoms with van der Waals surface area (Å²) in [5, 5.41) is 0. The van der Waals surface area contributed by atoms with Gasteiger partial charge in [-0.2, -0.15) is 0 Å². The van der Waals surface area contributed by atoms with Crippen LogP contribution in [0.25, 0.3) is 0 Å². The number of hydrogen-bond donors (Lipinski definition) is 0. The van der Waals surface area contributed by atoms with Crippen molar-refractivity contribution < 1.29 is 75.8 Å². The van der Waals surface area contributed by atoms with E-state index in [1.54, 1.807) is 11.8 Å². The molecule has 0 aromatic heterocycles. The topological polar surface area (TPSA) is 156 Å². The molecule has 3 fully saturated rings.